The fourth-order valence-electron chi connectivity index (χ4n) is 6.13. The van der Waals surface area contributed by atoms with Crippen LogP contribution >= 0.6 is 0 Å². The van der Waals surface area contributed by atoms with Gasteiger partial charge in [-0.1, -0.05) is 72.6 Å². The summed E-state index contributed by atoms with van der Waals surface area (Å²) in [6.45, 7) is 18.0. The summed E-state index contributed by atoms with van der Waals surface area (Å²) in [6, 6.07) is 0. The van der Waals surface area contributed by atoms with Gasteiger partial charge in [-0.3, -0.25) is 4.79 Å². The first kappa shape index (κ1) is 33.1. The molecule has 6 nitrogen and oxygen atoms in total. The molecule has 0 spiro atoms. The molecule has 0 saturated heterocycles. The molecular formula is C33H54O6. The van der Waals surface area contributed by atoms with E-state index in [4.69, 9.17) is 9.47 Å². The first-order valence-electron chi connectivity index (χ1n) is 15.1. The van der Waals surface area contributed by atoms with Crippen LogP contribution in [0.2, 0.25) is 0 Å². The lowest BCUT2D eigenvalue weighted by molar-refractivity contribution is -0.171. The molecule has 1 aromatic carbocycles. The van der Waals surface area contributed by atoms with Crippen molar-refractivity contribution in [2.24, 2.45) is 23.7 Å². The van der Waals surface area contributed by atoms with Crippen LogP contribution in [0.5, 0.6) is 11.5 Å². The highest BCUT2D eigenvalue weighted by Gasteiger charge is 2.48. The first-order chi connectivity index (χ1) is 18.2. The zero-order chi connectivity index (χ0) is 29.5. The number of aliphatic hydroxyl groups excluding tert-OH is 1. The number of carbonyl (C=O) groups excluding carboxylic acids is 2. The maximum absolute atomic E-state index is 12.6. The molecule has 1 aromatic rings. The van der Waals surface area contributed by atoms with Gasteiger partial charge in [-0.15, -0.1) is 0 Å². The van der Waals surface area contributed by atoms with Gasteiger partial charge in [0, 0.05) is 18.4 Å². The predicted molar refractivity (Wildman–Crippen MR) is 156 cm³/mol. The fourth-order valence-corrected chi connectivity index (χ4v) is 6.13. The van der Waals surface area contributed by atoms with E-state index < -0.39 is 29.6 Å². The Balaban J connectivity index is 2.08. The van der Waals surface area contributed by atoms with E-state index in [9.17, 15) is 19.8 Å². The van der Waals surface area contributed by atoms with Crippen molar-refractivity contribution in [3.05, 3.63) is 22.3 Å². The zero-order valence-electron chi connectivity index (χ0n) is 26.0. The van der Waals surface area contributed by atoms with Gasteiger partial charge in [-0.05, 0) is 81.4 Å². The molecule has 1 aliphatic rings. The number of hydrogen-bond donors (Lipinski definition) is 2. The standard InChI is InChI=1S/C33H54O6/c1-20(2)13-10-14-21(3)15-11-16-22(4)17-12-18-33(9)28(30(36)32(37)38-26(8)34)19-27-25(7)29(35)23(5)24(6)31(27)39-33/h20-22,28,30,35-36H,10-19H2,1-9H3/t21-,22+,28?,30?,33-/m0/s1. The van der Waals surface area contributed by atoms with E-state index >= 15 is 0 Å². The third kappa shape index (κ3) is 8.96. The van der Waals surface area contributed by atoms with Crippen LogP contribution in [0.3, 0.4) is 0 Å². The average molecular weight is 547 g/mol. The van der Waals surface area contributed by atoms with E-state index in [0.717, 1.165) is 54.0 Å². The quantitative estimate of drug-likeness (QED) is 0.185. The lowest BCUT2D eigenvalue weighted by atomic mass is 9.73. The number of fused-ring (bicyclic) bond motifs is 1. The Morgan fingerprint density at radius 1 is 0.923 bits per heavy atom. The largest absolute Gasteiger partial charge is 0.507 e. The zero-order valence-corrected chi connectivity index (χ0v) is 26.0. The minimum atomic E-state index is -1.51. The molecule has 0 radical (unpaired) electrons. The number of ether oxygens (including phenoxy) is 2. The van der Waals surface area contributed by atoms with Gasteiger partial charge < -0.3 is 19.7 Å². The summed E-state index contributed by atoms with van der Waals surface area (Å²) in [5.74, 6) is 0.769. The molecule has 1 aliphatic heterocycles. The first-order valence-corrected chi connectivity index (χ1v) is 15.1. The molecule has 0 bridgehead atoms. The van der Waals surface area contributed by atoms with Crippen LogP contribution in [0.25, 0.3) is 0 Å². The Hall–Kier alpha value is -2.08. The monoisotopic (exact) mass is 546 g/mol. The minimum absolute atomic E-state index is 0.209. The van der Waals surface area contributed by atoms with E-state index in [2.05, 4.69) is 27.7 Å². The molecule has 0 amide bonds. The van der Waals surface area contributed by atoms with Crippen LogP contribution in [0.15, 0.2) is 0 Å². The second kappa shape index (κ2) is 14.5. The molecule has 0 saturated carbocycles. The number of esters is 2. The molecule has 0 aliphatic carbocycles. The molecule has 2 rings (SSSR count). The van der Waals surface area contributed by atoms with Gasteiger partial charge in [0.05, 0.1) is 0 Å². The molecule has 1 heterocycles. The number of aromatic hydroxyl groups is 1. The molecule has 0 aromatic heterocycles. The number of hydrogen-bond acceptors (Lipinski definition) is 6. The van der Waals surface area contributed by atoms with Crippen molar-refractivity contribution in [3.8, 4) is 11.5 Å². The van der Waals surface area contributed by atoms with Crippen LogP contribution in [0.1, 0.15) is 122 Å². The highest BCUT2D eigenvalue weighted by atomic mass is 16.6. The lowest BCUT2D eigenvalue weighted by Gasteiger charge is -2.45. The molecule has 2 unspecified atom stereocenters. The number of phenols is 1. The van der Waals surface area contributed by atoms with Crippen molar-refractivity contribution in [2.45, 2.75) is 138 Å². The van der Waals surface area contributed by atoms with E-state index in [0.29, 0.717) is 24.3 Å². The number of phenolic OH excluding ortho intramolecular Hbond substituents is 1. The predicted octanol–water partition coefficient (Wildman–Crippen LogP) is 7.52. The Morgan fingerprint density at radius 2 is 1.46 bits per heavy atom. The summed E-state index contributed by atoms with van der Waals surface area (Å²) in [7, 11) is 0. The smallest absolute Gasteiger partial charge is 0.343 e. The van der Waals surface area contributed by atoms with Gasteiger partial charge in [-0.25, -0.2) is 4.79 Å². The van der Waals surface area contributed by atoms with Crippen LogP contribution in [-0.2, 0) is 20.7 Å². The molecule has 0 fully saturated rings. The third-order valence-electron chi connectivity index (χ3n) is 8.99. The highest BCUT2D eigenvalue weighted by Crippen LogP contribution is 2.47. The highest BCUT2D eigenvalue weighted by molar-refractivity contribution is 5.87. The normalized spacial score (nSPS) is 21.2. The van der Waals surface area contributed by atoms with E-state index in [1.54, 1.807) is 0 Å². The Morgan fingerprint density at radius 3 is 2.00 bits per heavy atom. The van der Waals surface area contributed by atoms with Crippen LogP contribution < -0.4 is 4.74 Å². The summed E-state index contributed by atoms with van der Waals surface area (Å²) in [6.07, 6.45) is 9.11. The Bertz CT molecular complexity index is 983. The van der Waals surface area contributed by atoms with Gasteiger partial charge in [0.1, 0.15) is 17.1 Å². The number of rotatable bonds is 14. The fraction of sp³-hybridized carbons (Fsp3) is 0.758. The van der Waals surface area contributed by atoms with Crippen LogP contribution in [0, 0.1) is 44.4 Å². The molecule has 5 atom stereocenters. The second-order valence-corrected chi connectivity index (χ2v) is 13.0. The maximum atomic E-state index is 12.6. The number of aliphatic hydroxyl groups is 1. The summed E-state index contributed by atoms with van der Waals surface area (Å²) in [4.78, 5) is 24.0. The molecule has 6 heteroatoms. The van der Waals surface area contributed by atoms with Crippen molar-refractivity contribution >= 4 is 11.9 Å². The summed E-state index contributed by atoms with van der Waals surface area (Å²) in [5, 5.41) is 21.7. The van der Waals surface area contributed by atoms with E-state index in [1.165, 1.54) is 38.5 Å². The van der Waals surface area contributed by atoms with Gasteiger partial charge in [0.15, 0.2) is 6.10 Å². The van der Waals surface area contributed by atoms with Gasteiger partial charge in [-0.2, -0.15) is 0 Å². The number of benzene rings is 1. The van der Waals surface area contributed by atoms with E-state index in [1.807, 2.05) is 27.7 Å². The second-order valence-electron chi connectivity index (χ2n) is 13.0. The van der Waals surface area contributed by atoms with Gasteiger partial charge in [0.2, 0.25) is 0 Å². The van der Waals surface area contributed by atoms with Gasteiger partial charge in [0.25, 0.3) is 0 Å². The van der Waals surface area contributed by atoms with E-state index in [-0.39, 0.29) is 5.75 Å². The summed E-state index contributed by atoms with van der Waals surface area (Å²) >= 11 is 0. The molecule has 39 heavy (non-hydrogen) atoms. The average Bonchev–Trinajstić information content (AvgIpc) is 2.84. The van der Waals surface area contributed by atoms with Gasteiger partial charge >= 0.3 is 11.9 Å². The lowest BCUT2D eigenvalue weighted by Crippen LogP contribution is -2.53. The SMILES string of the molecule is CC(=O)OC(=O)C(O)C1Cc2c(C)c(O)c(C)c(C)c2O[C@@]1(C)CCC[C@H](C)CCC[C@@H](C)CCCC(C)C. The molecule has 2 N–H and O–H groups in total. The number of carbonyl (C=O) groups is 2. The van der Waals surface area contributed by atoms with Crippen molar-refractivity contribution in [1.29, 1.82) is 0 Å². The van der Waals surface area contributed by atoms with Crippen LogP contribution in [0.4, 0.5) is 0 Å². The van der Waals surface area contributed by atoms with Crippen LogP contribution in [-0.4, -0.2) is 33.9 Å². The van der Waals surface area contributed by atoms with Crippen molar-refractivity contribution in [3.63, 3.8) is 0 Å². The topological polar surface area (TPSA) is 93.1 Å². The Labute approximate surface area is 236 Å². The third-order valence-corrected chi connectivity index (χ3v) is 8.99. The minimum Gasteiger partial charge on any atom is -0.507 e. The maximum Gasteiger partial charge on any atom is 0.343 e. The molecular weight excluding hydrogens is 492 g/mol. The summed E-state index contributed by atoms with van der Waals surface area (Å²) in [5.41, 5.74) is 2.31. The molecule has 222 valence electrons. The van der Waals surface area contributed by atoms with Crippen molar-refractivity contribution in [2.75, 3.05) is 0 Å². The summed E-state index contributed by atoms with van der Waals surface area (Å²) < 4.78 is 11.4. The van der Waals surface area contributed by atoms with Crippen molar-refractivity contribution in [1.82, 2.24) is 0 Å². The Kier molecular flexibility index (Phi) is 12.3. The van der Waals surface area contributed by atoms with Crippen molar-refractivity contribution < 1.29 is 29.3 Å².